The largest absolute Gasteiger partial charge is 0.342 e. The average Bonchev–Trinajstić information content (AvgIpc) is 3.20. The summed E-state index contributed by atoms with van der Waals surface area (Å²) in [5.74, 6) is -0.591. The molecule has 0 aromatic heterocycles. The number of likely N-dealkylation sites (tertiary alicyclic amines) is 1. The van der Waals surface area contributed by atoms with Gasteiger partial charge in [0.1, 0.15) is 5.82 Å². The lowest BCUT2D eigenvalue weighted by atomic mass is 10.0. The highest BCUT2D eigenvalue weighted by molar-refractivity contribution is 7.89. The van der Waals surface area contributed by atoms with Crippen LogP contribution in [-0.2, 0) is 26.0 Å². The van der Waals surface area contributed by atoms with Gasteiger partial charge in [-0.05, 0) is 67.1 Å². The second kappa shape index (κ2) is 10.2. The topological polar surface area (TPSA) is 86.8 Å². The van der Waals surface area contributed by atoms with Crippen LogP contribution in [0.15, 0.2) is 53.4 Å². The molecule has 2 heterocycles. The molecule has 1 atom stereocenters. The zero-order valence-electron chi connectivity index (χ0n) is 19.2. The number of anilines is 1. The van der Waals surface area contributed by atoms with E-state index >= 15 is 0 Å². The number of nitrogens with one attached hydrogen (secondary N) is 1. The van der Waals surface area contributed by atoms with Crippen LogP contribution in [0.1, 0.15) is 31.7 Å². The molecule has 2 amide bonds. The molecule has 2 aliphatic rings. The molecule has 182 valence electrons. The molecule has 2 aliphatic heterocycles. The van der Waals surface area contributed by atoms with Crippen molar-refractivity contribution in [2.75, 3.05) is 31.5 Å². The highest BCUT2D eigenvalue weighted by Gasteiger charge is 2.34. The van der Waals surface area contributed by atoms with Crippen LogP contribution in [0.5, 0.6) is 0 Å². The van der Waals surface area contributed by atoms with E-state index in [-0.39, 0.29) is 28.9 Å². The summed E-state index contributed by atoms with van der Waals surface area (Å²) < 4.78 is 40.3. The number of rotatable bonds is 7. The zero-order chi connectivity index (χ0) is 24.3. The van der Waals surface area contributed by atoms with Gasteiger partial charge in [-0.3, -0.25) is 9.59 Å². The monoisotopic (exact) mass is 487 g/mol. The number of carbonyl (C=O) groups excluding carboxylic acids is 2. The van der Waals surface area contributed by atoms with Crippen LogP contribution in [-0.4, -0.2) is 55.6 Å². The normalized spacial score (nSPS) is 20.0. The summed E-state index contributed by atoms with van der Waals surface area (Å²) in [6, 6.07) is 12.4. The van der Waals surface area contributed by atoms with Crippen molar-refractivity contribution in [2.24, 2.45) is 11.8 Å². The third-order valence-electron chi connectivity index (χ3n) is 6.67. The molecule has 2 saturated heterocycles. The molecule has 0 radical (unpaired) electrons. The Morgan fingerprint density at radius 3 is 2.35 bits per heavy atom. The Morgan fingerprint density at radius 2 is 1.71 bits per heavy atom. The molecule has 0 bridgehead atoms. The lowest BCUT2D eigenvalue weighted by molar-refractivity contribution is -0.128. The molecule has 4 rings (SSSR count). The summed E-state index contributed by atoms with van der Waals surface area (Å²) in [4.78, 5) is 26.9. The fourth-order valence-electron chi connectivity index (χ4n) is 4.41. The Kier molecular flexibility index (Phi) is 7.33. The van der Waals surface area contributed by atoms with Gasteiger partial charge in [-0.15, -0.1) is 0 Å². The predicted molar refractivity (Wildman–Crippen MR) is 127 cm³/mol. The van der Waals surface area contributed by atoms with Gasteiger partial charge in [0.05, 0.1) is 10.8 Å². The molecule has 2 aromatic rings. The van der Waals surface area contributed by atoms with Gasteiger partial charge in [-0.2, -0.15) is 4.31 Å². The van der Waals surface area contributed by atoms with Gasteiger partial charge in [0.15, 0.2) is 0 Å². The lowest BCUT2D eigenvalue weighted by Crippen LogP contribution is -2.37. The van der Waals surface area contributed by atoms with Crippen molar-refractivity contribution in [3.8, 4) is 0 Å². The minimum Gasteiger partial charge on any atom is -0.342 e. The first-order chi connectivity index (χ1) is 16.2. The van der Waals surface area contributed by atoms with Crippen molar-refractivity contribution in [1.82, 2.24) is 9.21 Å². The first kappa shape index (κ1) is 24.3. The molecule has 0 aliphatic carbocycles. The van der Waals surface area contributed by atoms with Crippen molar-refractivity contribution >= 4 is 27.5 Å². The van der Waals surface area contributed by atoms with Gasteiger partial charge in [-0.25, -0.2) is 12.8 Å². The summed E-state index contributed by atoms with van der Waals surface area (Å²) in [6.45, 7) is 3.97. The number of hydrogen-bond donors (Lipinski definition) is 1. The van der Waals surface area contributed by atoms with E-state index in [0.717, 1.165) is 18.4 Å². The molecule has 1 N–H and O–H groups in total. The molecule has 0 unspecified atom stereocenters. The van der Waals surface area contributed by atoms with Gasteiger partial charge in [0, 0.05) is 38.3 Å². The number of amides is 2. The Bertz CT molecular complexity index is 1130. The number of benzene rings is 2. The van der Waals surface area contributed by atoms with E-state index in [1.807, 2.05) is 0 Å². The number of hydrogen-bond acceptors (Lipinski definition) is 4. The Balaban J connectivity index is 1.31. The molecule has 0 saturated carbocycles. The van der Waals surface area contributed by atoms with Crippen LogP contribution in [0, 0.1) is 17.7 Å². The van der Waals surface area contributed by atoms with E-state index < -0.39 is 15.9 Å². The second-order valence-electron chi connectivity index (χ2n) is 9.22. The van der Waals surface area contributed by atoms with E-state index in [1.54, 1.807) is 29.2 Å². The van der Waals surface area contributed by atoms with Gasteiger partial charge >= 0.3 is 0 Å². The minimum absolute atomic E-state index is 0.0837. The van der Waals surface area contributed by atoms with Crippen molar-refractivity contribution in [2.45, 2.75) is 37.5 Å². The van der Waals surface area contributed by atoms with Crippen LogP contribution in [0.2, 0.25) is 0 Å². The lowest BCUT2D eigenvalue weighted by Gasteiger charge is -2.29. The van der Waals surface area contributed by atoms with Crippen molar-refractivity contribution in [3.63, 3.8) is 0 Å². The molecule has 9 heteroatoms. The molecule has 34 heavy (non-hydrogen) atoms. The van der Waals surface area contributed by atoms with E-state index in [2.05, 4.69) is 12.2 Å². The highest BCUT2D eigenvalue weighted by Crippen LogP contribution is 2.25. The third-order valence-corrected chi connectivity index (χ3v) is 8.58. The quantitative estimate of drug-likeness (QED) is 0.650. The van der Waals surface area contributed by atoms with Gasteiger partial charge in [0.25, 0.3) is 0 Å². The summed E-state index contributed by atoms with van der Waals surface area (Å²) in [5, 5.41) is 2.80. The Morgan fingerprint density at radius 1 is 1.06 bits per heavy atom. The number of carbonyl (C=O) groups is 2. The molecule has 2 fully saturated rings. The van der Waals surface area contributed by atoms with Crippen LogP contribution in [0.4, 0.5) is 10.1 Å². The maximum absolute atomic E-state index is 13.0. The first-order valence-corrected chi connectivity index (χ1v) is 13.1. The minimum atomic E-state index is -3.54. The highest BCUT2D eigenvalue weighted by atomic mass is 32.2. The average molecular weight is 488 g/mol. The molecule has 0 spiro atoms. The maximum atomic E-state index is 13.0. The summed E-state index contributed by atoms with van der Waals surface area (Å²) in [7, 11) is -3.54. The van der Waals surface area contributed by atoms with E-state index in [0.29, 0.717) is 44.2 Å². The second-order valence-corrected chi connectivity index (χ2v) is 11.2. The fourth-order valence-corrected chi connectivity index (χ4v) is 5.88. The predicted octanol–water partition coefficient (Wildman–Crippen LogP) is 3.28. The number of piperidine rings is 1. The van der Waals surface area contributed by atoms with Gasteiger partial charge in [-0.1, -0.05) is 19.1 Å². The standard InChI is InChI=1S/C25H30FN3O4S/c1-18-10-14-29(15-11-18)34(32,33)23-8-6-22(7-9-23)27-25(31)20-16-24(30)28(17-20)13-12-19-2-4-21(26)5-3-19/h2-9,18,20H,10-17H2,1H3,(H,27,31)/t20-/m0/s1. The van der Waals surface area contributed by atoms with Crippen molar-refractivity contribution < 1.29 is 22.4 Å². The number of sulfonamides is 1. The maximum Gasteiger partial charge on any atom is 0.243 e. The van der Waals surface area contributed by atoms with E-state index in [4.69, 9.17) is 0 Å². The van der Waals surface area contributed by atoms with Crippen molar-refractivity contribution in [1.29, 1.82) is 0 Å². The van der Waals surface area contributed by atoms with Crippen LogP contribution < -0.4 is 5.32 Å². The van der Waals surface area contributed by atoms with Gasteiger partial charge < -0.3 is 10.2 Å². The zero-order valence-corrected chi connectivity index (χ0v) is 20.1. The SMILES string of the molecule is CC1CCN(S(=O)(=O)c2ccc(NC(=O)[C@H]3CC(=O)N(CCc4ccc(F)cc4)C3)cc2)CC1. The summed E-state index contributed by atoms with van der Waals surface area (Å²) in [5.41, 5.74) is 1.42. The van der Waals surface area contributed by atoms with Gasteiger partial charge in [0.2, 0.25) is 21.8 Å². The Labute approximate surface area is 200 Å². The van der Waals surface area contributed by atoms with E-state index in [9.17, 15) is 22.4 Å². The molecular weight excluding hydrogens is 457 g/mol. The summed E-state index contributed by atoms with van der Waals surface area (Å²) >= 11 is 0. The Hall–Kier alpha value is -2.78. The molecule has 7 nitrogen and oxygen atoms in total. The molecular formula is C25H30FN3O4S. The third kappa shape index (κ3) is 5.64. The first-order valence-electron chi connectivity index (χ1n) is 11.7. The van der Waals surface area contributed by atoms with Crippen LogP contribution >= 0.6 is 0 Å². The van der Waals surface area contributed by atoms with Crippen LogP contribution in [0.3, 0.4) is 0 Å². The number of halogens is 1. The number of nitrogens with zero attached hydrogens (tertiary/aromatic N) is 2. The molecule has 2 aromatic carbocycles. The van der Waals surface area contributed by atoms with E-state index in [1.165, 1.54) is 28.6 Å². The fraction of sp³-hybridized carbons (Fsp3) is 0.440. The smallest absolute Gasteiger partial charge is 0.243 e. The van der Waals surface area contributed by atoms with Crippen molar-refractivity contribution in [3.05, 3.63) is 59.9 Å². The summed E-state index contributed by atoms with van der Waals surface area (Å²) in [6.07, 6.45) is 2.43. The van der Waals surface area contributed by atoms with Crippen LogP contribution in [0.25, 0.3) is 0 Å².